The summed E-state index contributed by atoms with van der Waals surface area (Å²) in [7, 11) is 0. The first-order chi connectivity index (χ1) is 8.90. The number of nitrogens with two attached hydrogens (primary N) is 1. The molecule has 2 N–H and O–H groups in total. The second kappa shape index (κ2) is 5.27. The van der Waals surface area contributed by atoms with Gasteiger partial charge in [0, 0.05) is 25.3 Å². The van der Waals surface area contributed by atoms with E-state index in [1.54, 1.807) is 0 Å². The van der Waals surface area contributed by atoms with Gasteiger partial charge in [0.2, 0.25) is 0 Å². The molecule has 0 aromatic carbocycles. The Kier molecular flexibility index (Phi) is 3.50. The molecule has 98 valence electrons. The highest BCUT2D eigenvalue weighted by atomic mass is 15.2. The van der Waals surface area contributed by atoms with Gasteiger partial charge in [0.1, 0.15) is 0 Å². The second-order valence-electron chi connectivity index (χ2n) is 5.62. The molecule has 1 saturated heterocycles. The first-order valence-electron chi connectivity index (χ1n) is 7.31. The fourth-order valence-corrected chi connectivity index (χ4v) is 3.77. The van der Waals surface area contributed by atoms with Crippen molar-refractivity contribution in [1.82, 2.24) is 4.98 Å². The molecule has 2 unspecified atom stereocenters. The molecular formula is C15H23N3. The topological polar surface area (TPSA) is 42.1 Å². The van der Waals surface area contributed by atoms with Gasteiger partial charge < -0.3 is 10.6 Å². The Hall–Kier alpha value is -1.09. The zero-order valence-corrected chi connectivity index (χ0v) is 11.0. The smallest absolute Gasteiger partial charge is 0.0772 e. The number of hydrogen-bond acceptors (Lipinski definition) is 3. The molecular weight excluding hydrogens is 222 g/mol. The molecule has 3 nitrogen and oxygen atoms in total. The summed E-state index contributed by atoms with van der Waals surface area (Å²) in [6.07, 6.45) is 10.2. The maximum atomic E-state index is 5.84. The van der Waals surface area contributed by atoms with Crippen molar-refractivity contribution in [2.24, 2.45) is 11.7 Å². The van der Waals surface area contributed by atoms with Gasteiger partial charge in [0.05, 0.1) is 11.4 Å². The SMILES string of the molecule is NCc1ncccc1N1CCCC2CCCCC21. The first kappa shape index (κ1) is 12.0. The number of anilines is 1. The molecule has 1 aromatic rings. The van der Waals surface area contributed by atoms with Crippen molar-refractivity contribution in [2.45, 2.75) is 51.1 Å². The van der Waals surface area contributed by atoms with Gasteiger partial charge in [0.25, 0.3) is 0 Å². The summed E-state index contributed by atoms with van der Waals surface area (Å²) in [5.41, 5.74) is 8.18. The van der Waals surface area contributed by atoms with Crippen LogP contribution in [-0.4, -0.2) is 17.6 Å². The Labute approximate surface area is 109 Å². The summed E-state index contributed by atoms with van der Waals surface area (Å²) < 4.78 is 0. The minimum Gasteiger partial charge on any atom is -0.367 e. The quantitative estimate of drug-likeness (QED) is 0.871. The highest BCUT2D eigenvalue weighted by molar-refractivity contribution is 5.52. The fourth-order valence-electron chi connectivity index (χ4n) is 3.77. The lowest BCUT2D eigenvalue weighted by molar-refractivity contribution is 0.243. The Morgan fingerprint density at radius 3 is 2.94 bits per heavy atom. The van der Waals surface area contributed by atoms with E-state index in [4.69, 9.17) is 5.73 Å². The van der Waals surface area contributed by atoms with E-state index >= 15 is 0 Å². The molecule has 2 aliphatic rings. The number of piperidine rings is 1. The molecule has 0 spiro atoms. The van der Waals surface area contributed by atoms with Crippen molar-refractivity contribution >= 4 is 5.69 Å². The van der Waals surface area contributed by atoms with E-state index < -0.39 is 0 Å². The van der Waals surface area contributed by atoms with Gasteiger partial charge in [-0.15, -0.1) is 0 Å². The minimum absolute atomic E-state index is 0.546. The summed E-state index contributed by atoms with van der Waals surface area (Å²) in [4.78, 5) is 7.04. The van der Waals surface area contributed by atoms with E-state index in [2.05, 4.69) is 16.0 Å². The van der Waals surface area contributed by atoms with Gasteiger partial charge in [0.15, 0.2) is 0 Å². The third-order valence-electron chi connectivity index (χ3n) is 4.61. The van der Waals surface area contributed by atoms with Gasteiger partial charge in [-0.2, -0.15) is 0 Å². The van der Waals surface area contributed by atoms with Crippen LogP contribution in [0.4, 0.5) is 5.69 Å². The van der Waals surface area contributed by atoms with Crippen LogP contribution in [0.2, 0.25) is 0 Å². The maximum Gasteiger partial charge on any atom is 0.0772 e. The van der Waals surface area contributed by atoms with E-state index in [1.165, 1.54) is 50.8 Å². The summed E-state index contributed by atoms with van der Waals surface area (Å²) in [6.45, 7) is 1.73. The predicted molar refractivity (Wildman–Crippen MR) is 74.5 cm³/mol. The van der Waals surface area contributed by atoms with Gasteiger partial charge in [-0.05, 0) is 43.7 Å². The van der Waals surface area contributed by atoms with Crippen LogP contribution in [0, 0.1) is 5.92 Å². The molecule has 2 atom stereocenters. The zero-order chi connectivity index (χ0) is 12.4. The molecule has 3 rings (SSSR count). The number of nitrogens with zero attached hydrogens (tertiary/aromatic N) is 2. The molecule has 1 aromatic heterocycles. The van der Waals surface area contributed by atoms with Crippen molar-refractivity contribution in [2.75, 3.05) is 11.4 Å². The van der Waals surface area contributed by atoms with Gasteiger partial charge in [-0.1, -0.05) is 12.8 Å². The van der Waals surface area contributed by atoms with Crippen LogP contribution in [0.25, 0.3) is 0 Å². The Bertz CT molecular complexity index is 402. The van der Waals surface area contributed by atoms with Crippen LogP contribution in [-0.2, 0) is 6.54 Å². The van der Waals surface area contributed by atoms with Crippen molar-refractivity contribution in [3.8, 4) is 0 Å². The lowest BCUT2D eigenvalue weighted by Gasteiger charge is -2.45. The molecule has 0 amide bonds. The first-order valence-corrected chi connectivity index (χ1v) is 7.31. The monoisotopic (exact) mass is 245 g/mol. The maximum absolute atomic E-state index is 5.84. The molecule has 1 aliphatic carbocycles. The van der Waals surface area contributed by atoms with Crippen LogP contribution >= 0.6 is 0 Å². The zero-order valence-electron chi connectivity index (χ0n) is 11.0. The van der Waals surface area contributed by atoms with Gasteiger partial charge in [-0.25, -0.2) is 0 Å². The number of pyridine rings is 1. The van der Waals surface area contributed by atoms with Crippen LogP contribution in [0.15, 0.2) is 18.3 Å². The van der Waals surface area contributed by atoms with Crippen LogP contribution in [0.5, 0.6) is 0 Å². The van der Waals surface area contributed by atoms with Crippen LogP contribution in [0.1, 0.15) is 44.2 Å². The van der Waals surface area contributed by atoms with E-state index in [1.807, 2.05) is 12.3 Å². The largest absolute Gasteiger partial charge is 0.367 e. The van der Waals surface area contributed by atoms with Gasteiger partial charge >= 0.3 is 0 Å². The number of fused-ring (bicyclic) bond motifs is 1. The van der Waals surface area contributed by atoms with Crippen LogP contribution in [0.3, 0.4) is 0 Å². The van der Waals surface area contributed by atoms with Gasteiger partial charge in [-0.3, -0.25) is 4.98 Å². The highest BCUT2D eigenvalue weighted by Crippen LogP contribution is 2.38. The van der Waals surface area contributed by atoms with Crippen molar-refractivity contribution in [3.63, 3.8) is 0 Å². The Balaban J connectivity index is 1.89. The molecule has 2 fully saturated rings. The number of hydrogen-bond donors (Lipinski definition) is 1. The third-order valence-corrected chi connectivity index (χ3v) is 4.61. The third kappa shape index (κ3) is 2.12. The minimum atomic E-state index is 0.546. The summed E-state index contributed by atoms with van der Waals surface area (Å²) >= 11 is 0. The van der Waals surface area contributed by atoms with Crippen molar-refractivity contribution < 1.29 is 0 Å². The summed E-state index contributed by atoms with van der Waals surface area (Å²) in [5.74, 6) is 0.901. The molecule has 1 saturated carbocycles. The standard InChI is InChI=1S/C15H23N3/c16-11-13-15(8-3-9-17-13)18-10-4-6-12-5-1-2-7-14(12)18/h3,8-9,12,14H,1-2,4-7,10-11,16H2. The summed E-state index contributed by atoms with van der Waals surface area (Å²) in [5, 5.41) is 0. The van der Waals surface area contributed by atoms with E-state index in [9.17, 15) is 0 Å². The number of rotatable bonds is 2. The summed E-state index contributed by atoms with van der Waals surface area (Å²) in [6, 6.07) is 4.98. The second-order valence-corrected chi connectivity index (χ2v) is 5.62. The number of aromatic nitrogens is 1. The Morgan fingerprint density at radius 2 is 2.06 bits per heavy atom. The predicted octanol–water partition coefficient (Wildman–Crippen LogP) is 2.70. The average Bonchev–Trinajstić information content (AvgIpc) is 2.46. The molecule has 18 heavy (non-hydrogen) atoms. The average molecular weight is 245 g/mol. The van der Waals surface area contributed by atoms with Crippen molar-refractivity contribution in [3.05, 3.63) is 24.0 Å². The molecule has 3 heteroatoms. The lowest BCUT2D eigenvalue weighted by Crippen LogP contribution is -2.47. The van der Waals surface area contributed by atoms with E-state index in [-0.39, 0.29) is 0 Å². The molecule has 2 heterocycles. The normalized spacial score (nSPS) is 27.9. The lowest BCUT2D eigenvalue weighted by atomic mass is 9.78. The van der Waals surface area contributed by atoms with Crippen molar-refractivity contribution in [1.29, 1.82) is 0 Å². The molecule has 0 bridgehead atoms. The molecule has 0 radical (unpaired) electrons. The van der Waals surface area contributed by atoms with E-state index in [0.717, 1.165) is 17.7 Å². The Morgan fingerprint density at radius 1 is 1.22 bits per heavy atom. The highest BCUT2D eigenvalue weighted by Gasteiger charge is 2.33. The van der Waals surface area contributed by atoms with Crippen LogP contribution < -0.4 is 10.6 Å². The van der Waals surface area contributed by atoms with E-state index in [0.29, 0.717) is 6.54 Å². The fraction of sp³-hybridized carbons (Fsp3) is 0.667. The molecule has 1 aliphatic heterocycles.